The van der Waals surface area contributed by atoms with Crippen molar-refractivity contribution in [1.82, 2.24) is 14.9 Å². The minimum absolute atomic E-state index is 0.0611. The van der Waals surface area contributed by atoms with Gasteiger partial charge in [-0.25, -0.2) is 4.98 Å². The third kappa shape index (κ3) is 4.14. The third-order valence-corrected chi connectivity index (χ3v) is 5.00. The second-order valence-corrected chi connectivity index (χ2v) is 7.01. The van der Waals surface area contributed by atoms with E-state index in [2.05, 4.69) is 9.97 Å². The number of likely N-dealkylation sites (tertiary alicyclic amines) is 1. The highest BCUT2D eigenvalue weighted by atomic mass is 35.5. The number of nitrogens with one attached hydrogen (secondary N) is 1. The summed E-state index contributed by atoms with van der Waals surface area (Å²) >= 11 is 5.90. The van der Waals surface area contributed by atoms with Gasteiger partial charge >= 0.3 is 0 Å². The summed E-state index contributed by atoms with van der Waals surface area (Å²) in [6.45, 7) is 1.38. The number of amides is 1. The fourth-order valence-electron chi connectivity index (χ4n) is 3.26. The number of halogens is 1. The molecule has 4 rings (SSSR count). The molecule has 0 unspecified atom stereocenters. The zero-order valence-electron chi connectivity index (χ0n) is 14.8. The molecule has 3 aromatic rings. The Morgan fingerprint density at radius 3 is 2.41 bits per heavy atom. The molecule has 0 aliphatic carbocycles. The van der Waals surface area contributed by atoms with Gasteiger partial charge in [-0.05, 0) is 36.4 Å². The molecule has 138 valence electrons. The van der Waals surface area contributed by atoms with E-state index in [4.69, 9.17) is 16.3 Å². The van der Waals surface area contributed by atoms with E-state index in [1.165, 1.54) is 0 Å². The molecule has 27 heavy (non-hydrogen) atoms. The summed E-state index contributed by atoms with van der Waals surface area (Å²) in [7, 11) is 0. The summed E-state index contributed by atoms with van der Waals surface area (Å²) in [6, 6.07) is 14.9. The van der Waals surface area contributed by atoms with Crippen LogP contribution in [0.1, 0.15) is 23.2 Å². The Kier molecular flexibility index (Phi) is 5.12. The first kappa shape index (κ1) is 17.6. The zero-order chi connectivity index (χ0) is 18.6. The SMILES string of the molecule is O=C(c1ccc(-c2ncc[nH]2)cc1)N1CCC(Oc2ccc(Cl)cc2)CC1. The Balaban J connectivity index is 1.33. The first-order valence-corrected chi connectivity index (χ1v) is 9.38. The van der Waals surface area contributed by atoms with Crippen LogP contribution in [0.3, 0.4) is 0 Å². The molecule has 5 nitrogen and oxygen atoms in total. The van der Waals surface area contributed by atoms with Gasteiger partial charge in [0.05, 0.1) is 0 Å². The molecular formula is C21H20ClN3O2. The second kappa shape index (κ2) is 7.84. The van der Waals surface area contributed by atoms with E-state index in [1.54, 1.807) is 12.4 Å². The van der Waals surface area contributed by atoms with Crippen LogP contribution < -0.4 is 4.74 Å². The summed E-state index contributed by atoms with van der Waals surface area (Å²) in [5.41, 5.74) is 1.66. The minimum Gasteiger partial charge on any atom is -0.490 e. The maximum Gasteiger partial charge on any atom is 0.253 e. The molecule has 2 aromatic carbocycles. The van der Waals surface area contributed by atoms with E-state index in [0.29, 0.717) is 23.7 Å². The number of nitrogens with zero attached hydrogens (tertiary/aromatic N) is 2. The van der Waals surface area contributed by atoms with E-state index >= 15 is 0 Å². The topological polar surface area (TPSA) is 58.2 Å². The maximum atomic E-state index is 12.7. The molecule has 0 saturated carbocycles. The number of H-pyrrole nitrogens is 1. The Hall–Kier alpha value is -2.79. The Labute approximate surface area is 162 Å². The van der Waals surface area contributed by atoms with Crippen molar-refractivity contribution in [1.29, 1.82) is 0 Å². The molecule has 0 radical (unpaired) electrons. The van der Waals surface area contributed by atoms with Crippen LogP contribution in [0.4, 0.5) is 0 Å². The van der Waals surface area contributed by atoms with Gasteiger partial charge in [0.1, 0.15) is 17.7 Å². The van der Waals surface area contributed by atoms with Gasteiger partial charge < -0.3 is 14.6 Å². The van der Waals surface area contributed by atoms with E-state index in [-0.39, 0.29) is 12.0 Å². The number of aromatic amines is 1. The number of carbonyl (C=O) groups excluding carboxylic acids is 1. The van der Waals surface area contributed by atoms with Crippen molar-refractivity contribution in [2.24, 2.45) is 0 Å². The van der Waals surface area contributed by atoms with Gasteiger partial charge in [0, 0.05) is 54.5 Å². The number of ether oxygens (including phenoxy) is 1. The van der Waals surface area contributed by atoms with Crippen molar-refractivity contribution in [3.8, 4) is 17.1 Å². The number of benzene rings is 2. The molecule has 2 heterocycles. The summed E-state index contributed by atoms with van der Waals surface area (Å²) in [5, 5.41) is 0.695. The lowest BCUT2D eigenvalue weighted by Crippen LogP contribution is -2.41. The summed E-state index contributed by atoms with van der Waals surface area (Å²) in [5.74, 6) is 1.68. The lowest BCUT2D eigenvalue weighted by atomic mass is 10.1. The molecular weight excluding hydrogens is 362 g/mol. The molecule has 1 aliphatic rings. The van der Waals surface area contributed by atoms with E-state index in [1.807, 2.05) is 53.4 Å². The normalized spacial score (nSPS) is 14.9. The van der Waals surface area contributed by atoms with Crippen molar-refractivity contribution < 1.29 is 9.53 Å². The molecule has 1 aromatic heterocycles. The van der Waals surface area contributed by atoms with Crippen LogP contribution in [0.2, 0.25) is 5.02 Å². The Morgan fingerprint density at radius 1 is 1.07 bits per heavy atom. The molecule has 0 bridgehead atoms. The summed E-state index contributed by atoms with van der Waals surface area (Å²) < 4.78 is 5.99. The van der Waals surface area contributed by atoms with Crippen LogP contribution in [0.5, 0.6) is 5.75 Å². The number of hydrogen-bond acceptors (Lipinski definition) is 3. The molecule has 1 fully saturated rings. The molecule has 1 aliphatic heterocycles. The highest BCUT2D eigenvalue weighted by Gasteiger charge is 2.24. The lowest BCUT2D eigenvalue weighted by Gasteiger charge is -2.32. The number of rotatable bonds is 4. The van der Waals surface area contributed by atoms with Crippen LogP contribution >= 0.6 is 11.6 Å². The Bertz CT molecular complexity index is 884. The summed E-state index contributed by atoms with van der Waals surface area (Å²) in [4.78, 5) is 21.9. The first-order valence-electron chi connectivity index (χ1n) is 9.00. The zero-order valence-corrected chi connectivity index (χ0v) is 15.5. The smallest absolute Gasteiger partial charge is 0.253 e. The van der Waals surface area contributed by atoms with Crippen molar-refractivity contribution >= 4 is 17.5 Å². The quantitative estimate of drug-likeness (QED) is 0.728. The number of carbonyl (C=O) groups is 1. The van der Waals surface area contributed by atoms with Crippen molar-refractivity contribution in [3.63, 3.8) is 0 Å². The maximum absolute atomic E-state index is 12.7. The monoisotopic (exact) mass is 381 g/mol. The number of hydrogen-bond donors (Lipinski definition) is 1. The molecule has 0 atom stereocenters. The Morgan fingerprint density at radius 2 is 1.78 bits per heavy atom. The minimum atomic E-state index is 0.0611. The largest absolute Gasteiger partial charge is 0.490 e. The van der Waals surface area contributed by atoms with Crippen molar-refractivity contribution in [3.05, 3.63) is 71.5 Å². The van der Waals surface area contributed by atoms with Gasteiger partial charge in [-0.3, -0.25) is 4.79 Å². The fraction of sp³-hybridized carbons (Fsp3) is 0.238. The molecule has 1 saturated heterocycles. The number of aromatic nitrogens is 2. The third-order valence-electron chi connectivity index (χ3n) is 4.75. The van der Waals surface area contributed by atoms with Gasteiger partial charge in [0.2, 0.25) is 0 Å². The van der Waals surface area contributed by atoms with Gasteiger partial charge in [0.25, 0.3) is 5.91 Å². The highest BCUT2D eigenvalue weighted by molar-refractivity contribution is 6.30. The molecule has 1 N–H and O–H groups in total. The van der Waals surface area contributed by atoms with E-state index in [9.17, 15) is 4.79 Å². The summed E-state index contributed by atoms with van der Waals surface area (Å²) in [6.07, 6.45) is 5.25. The van der Waals surface area contributed by atoms with E-state index in [0.717, 1.165) is 30.0 Å². The highest BCUT2D eigenvalue weighted by Crippen LogP contribution is 2.22. The van der Waals surface area contributed by atoms with Crippen LogP contribution in [-0.2, 0) is 0 Å². The molecule has 6 heteroatoms. The van der Waals surface area contributed by atoms with Gasteiger partial charge in [-0.2, -0.15) is 0 Å². The fourth-order valence-corrected chi connectivity index (χ4v) is 3.38. The lowest BCUT2D eigenvalue weighted by molar-refractivity contribution is 0.0595. The average Bonchev–Trinajstić information content (AvgIpc) is 3.25. The standard InChI is InChI=1S/C21H20ClN3O2/c22-17-5-7-18(8-6-17)27-19-9-13-25(14-10-19)21(26)16-3-1-15(2-4-16)20-23-11-12-24-20/h1-8,11-12,19H,9-10,13-14H2,(H,23,24). The van der Waals surface area contributed by atoms with Gasteiger partial charge in [-0.1, -0.05) is 23.7 Å². The number of imidazole rings is 1. The number of piperidine rings is 1. The van der Waals surface area contributed by atoms with E-state index < -0.39 is 0 Å². The van der Waals surface area contributed by atoms with Crippen LogP contribution in [0.15, 0.2) is 60.9 Å². The van der Waals surface area contributed by atoms with Crippen LogP contribution in [-0.4, -0.2) is 40.0 Å². The molecule has 0 spiro atoms. The second-order valence-electron chi connectivity index (χ2n) is 6.58. The predicted molar refractivity (Wildman–Crippen MR) is 105 cm³/mol. The van der Waals surface area contributed by atoms with Crippen molar-refractivity contribution in [2.45, 2.75) is 18.9 Å². The van der Waals surface area contributed by atoms with Gasteiger partial charge in [-0.15, -0.1) is 0 Å². The molecule has 1 amide bonds. The van der Waals surface area contributed by atoms with Crippen LogP contribution in [0, 0.1) is 0 Å². The average molecular weight is 382 g/mol. The van der Waals surface area contributed by atoms with Crippen molar-refractivity contribution in [2.75, 3.05) is 13.1 Å². The van der Waals surface area contributed by atoms with Gasteiger partial charge in [0.15, 0.2) is 0 Å². The predicted octanol–water partition coefficient (Wildman–Crippen LogP) is 4.41. The van der Waals surface area contributed by atoms with Crippen LogP contribution in [0.25, 0.3) is 11.4 Å². The first-order chi connectivity index (χ1) is 13.2.